The quantitative estimate of drug-likeness (QED) is 0.810. The van der Waals surface area contributed by atoms with Crippen molar-refractivity contribution in [2.45, 2.75) is 70.9 Å². The maximum absolute atomic E-state index is 3.90. The summed E-state index contributed by atoms with van der Waals surface area (Å²) in [4.78, 5) is 2.59. The molecule has 1 saturated heterocycles. The molecule has 1 unspecified atom stereocenters. The summed E-state index contributed by atoms with van der Waals surface area (Å²) in [5, 5.41) is 3.90. The van der Waals surface area contributed by atoms with Gasteiger partial charge < -0.3 is 10.2 Å². The second kappa shape index (κ2) is 6.75. The molecule has 1 heterocycles. The summed E-state index contributed by atoms with van der Waals surface area (Å²) >= 11 is 0. The third kappa shape index (κ3) is 3.96. The van der Waals surface area contributed by atoms with Crippen LogP contribution in [0.2, 0.25) is 0 Å². The molecule has 2 heteroatoms. The van der Waals surface area contributed by atoms with Crippen molar-refractivity contribution in [1.82, 2.24) is 10.2 Å². The van der Waals surface area contributed by atoms with E-state index < -0.39 is 0 Å². The molecule has 0 radical (unpaired) electrons. The monoisotopic (exact) mass is 238 g/mol. The zero-order valence-electron chi connectivity index (χ0n) is 11.8. The molecule has 2 nitrogen and oxygen atoms in total. The van der Waals surface area contributed by atoms with Gasteiger partial charge in [0.1, 0.15) is 0 Å². The smallest absolute Gasteiger partial charge is 0.00705 e. The number of likely N-dealkylation sites (tertiary alicyclic amines) is 1. The fraction of sp³-hybridized carbons (Fsp3) is 1.00. The van der Waals surface area contributed by atoms with Crippen LogP contribution >= 0.6 is 0 Å². The van der Waals surface area contributed by atoms with Gasteiger partial charge in [-0.25, -0.2) is 0 Å². The van der Waals surface area contributed by atoms with Gasteiger partial charge in [-0.3, -0.25) is 0 Å². The van der Waals surface area contributed by atoms with Crippen LogP contribution in [0.4, 0.5) is 0 Å². The van der Waals surface area contributed by atoms with E-state index in [0.29, 0.717) is 0 Å². The van der Waals surface area contributed by atoms with E-state index in [1.165, 1.54) is 64.6 Å². The molecule has 1 saturated carbocycles. The first-order chi connectivity index (χ1) is 8.29. The van der Waals surface area contributed by atoms with E-state index >= 15 is 0 Å². The number of rotatable bonds is 4. The van der Waals surface area contributed by atoms with Crippen molar-refractivity contribution in [1.29, 1.82) is 0 Å². The van der Waals surface area contributed by atoms with Crippen LogP contribution in [0.3, 0.4) is 0 Å². The summed E-state index contributed by atoms with van der Waals surface area (Å²) in [6.07, 6.45) is 9.97. The molecule has 0 amide bonds. The topological polar surface area (TPSA) is 15.3 Å². The zero-order valence-corrected chi connectivity index (χ0v) is 11.8. The van der Waals surface area contributed by atoms with E-state index in [-0.39, 0.29) is 0 Å². The van der Waals surface area contributed by atoms with Crippen molar-refractivity contribution in [3.8, 4) is 0 Å². The Morgan fingerprint density at radius 1 is 1.06 bits per heavy atom. The molecule has 1 atom stereocenters. The summed E-state index contributed by atoms with van der Waals surface area (Å²) in [6, 6.07) is 1.56. The first-order valence-corrected chi connectivity index (χ1v) is 7.78. The predicted octanol–water partition coefficient (Wildman–Crippen LogP) is 3.03. The van der Waals surface area contributed by atoms with Gasteiger partial charge in [0.05, 0.1) is 0 Å². The van der Waals surface area contributed by atoms with Crippen molar-refractivity contribution in [2.24, 2.45) is 5.92 Å². The lowest BCUT2D eigenvalue weighted by Gasteiger charge is -2.36. The Bertz CT molecular complexity index is 203. The second-order valence-electron chi connectivity index (χ2n) is 6.06. The summed E-state index contributed by atoms with van der Waals surface area (Å²) in [6.45, 7) is 8.57. The third-order valence-electron chi connectivity index (χ3n) is 4.89. The maximum atomic E-state index is 3.90. The van der Waals surface area contributed by atoms with Gasteiger partial charge in [0.25, 0.3) is 0 Å². The van der Waals surface area contributed by atoms with E-state index in [1.54, 1.807) is 0 Å². The molecule has 0 aromatic rings. The van der Waals surface area contributed by atoms with Crippen molar-refractivity contribution < 1.29 is 0 Å². The Hall–Kier alpha value is -0.0800. The largest absolute Gasteiger partial charge is 0.311 e. The molecule has 0 bridgehead atoms. The van der Waals surface area contributed by atoms with E-state index in [2.05, 4.69) is 24.1 Å². The van der Waals surface area contributed by atoms with Crippen LogP contribution in [0.15, 0.2) is 0 Å². The summed E-state index contributed by atoms with van der Waals surface area (Å²) < 4.78 is 0. The van der Waals surface area contributed by atoms with Crippen LogP contribution in [-0.2, 0) is 0 Å². The second-order valence-corrected chi connectivity index (χ2v) is 6.06. The van der Waals surface area contributed by atoms with Crippen molar-refractivity contribution in [3.05, 3.63) is 0 Å². The minimum Gasteiger partial charge on any atom is -0.311 e. The highest BCUT2D eigenvalue weighted by Crippen LogP contribution is 2.23. The van der Waals surface area contributed by atoms with Gasteiger partial charge in [0.15, 0.2) is 0 Å². The van der Waals surface area contributed by atoms with E-state index in [4.69, 9.17) is 0 Å². The van der Waals surface area contributed by atoms with Gasteiger partial charge in [-0.15, -0.1) is 0 Å². The highest BCUT2D eigenvalue weighted by atomic mass is 15.1. The number of hydrogen-bond donors (Lipinski definition) is 1. The van der Waals surface area contributed by atoms with Gasteiger partial charge in [0.2, 0.25) is 0 Å². The molecule has 1 N–H and O–H groups in total. The van der Waals surface area contributed by atoms with Gasteiger partial charge in [-0.2, -0.15) is 0 Å². The van der Waals surface area contributed by atoms with Crippen LogP contribution in [0.25, 0.3) is 0 Å². The molecule has 0 aromatic heterocycles. The van der Waals surface area contributed by atoms with Crippen LogP contribution < -0.4 is 5.32 Å². The van der Waals surface area contributed by atoms with Crippen LogP contribution in [-0.4, -0.2) is 36.6 Å². The summed E-state index contributed by atoms with van der Waals surface area (Å²) in [5.41, 5.74) is 0. The molecule has 2 aliphatic rings. The molecule has 17 heavy (non-hydrogen) atoms. The lowest BCUT2D eigenvalue weighted by atomic mass is 9.88. The molecule has 2 rings (SSSR count). The molecule has 1 aliphatic heterocycles. The Morgan fingerprint density at radius 3 is 2.29 bits per heavy atom. The molecular weight excluding hydrogens is 208 g/mol. The minimum absolute atomic E-state index is 0.733. The first-order valence-electron chi connectivity index (χ1n) is 7.78. The first kappa shape index (κ1) is 13.4. The minimum atomic E-state index is 0.733. The van der Waals surface area contributed by atoms with E-state index in [0.717, 1.165) is 18.0 Å². The van der Waals surface area contributed by atoms with Gasteiger partial charge in [0, 0.05) is 12.1 Å². The van der Waals surface area contributed by atoms with Crippen LogP contribution in [0, 0.1) is 5.92 Å². The average molecular weight is 238 g/mol. The highest BCUT2D eigenvalue weighted by Gasteiger charge is 2.25. The Balaban J connectivity index is 1.70. The summed E-state index contributed by atoms with van der Waals surface area (Å²) in [7, 11) is 0. The maximum Gasteiger partial charge on any atom is 0.00705 e. The Kier molecular flexibility index (Phi) is 5.30. The van der Waals surface area contributed by atoms with E-state index in [9.17, 15) is 0 Å². The molecular formula is C15H30N2. The van der Waals surface area contributed by atoms with Crippen LogP contribution in [0.5, 0.6) is 0 Å². The van der Waals surface area contributed by atoms with Gasteiger partial charge >= 0.3 is 0 Å². The Morgan fingerprint density at radius 2 is 1.71 bits per heavy atom. The molecule has 2 fully saturated rings. The summed E-state index contributed by atoms with van der Waals surface area (Å²) in [5.74, 6) is 0.916. The van der Waals surface area contributed by atoms with E-state index in [1.807, 2.05) is 0 Å². The van der Waals surface area contributed by atoms with Crippen molar-refractivity contribution >= 4 is 0 Å². The average Bonchev–Trinajstić information content (AvgIpc) is 2.40. The fourth-order valence-corrected chi connectivity index (χ4v) is 3.55. The lowest BCUT2D eigenvalue weighted by Crippen LogP contribution is -2.45. The molecule has 100 valence electrons. The predicted molar refractivity (Wildman–Crippen MR) is 74.3 cm³/mol. The van der Waals surface area contributed by atoms with Crippen molar-refractivity contribution in [3.63, 3.8) is 0 Å². The van der Waals surface area contributed by atoms with Gasteiger partial charge in [-0.05, 0) is 58.2 Å². The van der Waals surface area contributed by atoms with Crippen LogP contribution in [0.1, 0.15) is 58.8 Å². The molecule has 1 aliphatic carbocycles. The normalized spacial score (nSPS) is 27.2. The number of hydrogen-bond acceptors (Lipinski definition) is 2. The SMILES string of the molecule is CCN1CCC(C(C)NC2CCCCC2)CC1. The number of piperidine rings is 1. The Labute approximate surface area is 107 Å². The molecule has 0 aromatic carbocycles. The lowest BCUT2D eigenvalue weighted by molar-refractivity contribution is 0.160. The molecule has 0 spiro atoms. The van der Waals surface area contributed by atoms with Gasteiger partial charge in [-0.1, -0.05) is 26.2 Å². The fourth-order valence-electron chi connectivity index (χ4n) is 3.55. The zero-order chi connectivity index (χ0) is 12.1. The highest BCUT2D eigenvalue weighted by molar-refractivity contribution is 4.82. The number of nitrogens with zero attached hydrogens (tertiary/aromatic N) is 1. The number of nitrogens with one attached hydrogen (secondary N) is 1. The van der Waals surface area contributed by atoms with Crippen molar-refractivity contribution in [2.75, 3.05) is 19.6 Å². The third-order valence-corrected chi connectivity index (χ3v) is 4.89. The standard InChI is InChI=1S/C15H30N2/c1-3-17-11-9-14(10-12-17)13(2)16-15-7-5-4-6-8-15/h13-16H,3-12H2,1-2H3.